The second-order valence-electron chi connectivity index (χ2n) is 9.15. The van der Waals surface area contributed by atoms with Crippen LogP contribution >= 0.6 is 0 Å². The standard InChI is InChI=1S/C26H30N4O4S/c1-3-18-12-21(20-6-5-19-7-10-34-16-22(19)13-20)11-17(2)23(18)14-25(31)29-35(32,33)26-15-24-27-8-4-9-30(24)28-26/h5-6,11-13,15,27H,3-4,7-10,14,16H2,1-2H3,(H,29,31). The molecule has 8 nitrogen and oxygen atoms in total. The Bertz CT molecular complexity index is 1370. The number of sulfonamides is 1. The highest BCUT2D eigenvalue weighted by molar-refractivity contribution is 7.90. The van der Waals surface area contributed by atoms with Crippen LogP contribution in [-0.2, 0) is 52.0 Å². The van der Waals surface area contributed by atoms with E-state index in [1.165, 1.54) is 17.2 Å². The maximum atomic E-state index is 12.8. The van der Waals surface area contributed by atoms with Crippen molar-refractivity contribution in [1.29, 1.82) is 0 Å². The Kier molecular flexibility index (Phi) is 6.37. The van der Waals surface area contributed by atoms with Crippen molar-refractivity contribution in [2.24, 2.45) is 0 Å². The van der Waals surface area contributed by atoms with E-state index in [1.54, 1.807) is 4.68 Å². The van der Waals surface area contributed by atoms with E-state index in [0.29, 0.717) is 19.0 Å². The lowest BCUT2D eigenvalue weighted by atomic mass is 9.90. The van der Waals surface area contributed by atoms with Gasteiger partial charge in [-0.25, -0.2) is 9.40 Å². The third kappa shape index (κ3) is 4.83. The molecule has 5 rings (SSSR count). The van der Waals surface area contributed by atoms with Gasteiger partial charge in [0.05, 0.1) is 19.6 Å². The Hall–Kier alpha value is -3.17. The van der Waals surface area contributed by atoms with E-state index in [4.69, 9.17) is 4.74 Å². The van der Waals surface area contributed by atoms with Crippen molar-refractivity contribution in [2.75, 3.05) is 18.5 Å². The summed E-state index contributed by atoms with van der Waals surface area (Å²) in [4.78, 5) is 12.8. The van der Waals surface area contributed by atoms with Crippen LogP contribution in [0.25, 0.3) is 11.1 Å². The van der Waals surface area contributed by atoms with E-state index in [-0.39, 0.29) is 11.4 Å². The molecule has 0 aliphatic carbocycles. The van der Waals surface area contributed by atoms with Crippen LogP contribution in [0.2, 0.25) is 0 Å². The topological polar surface area (TPSA) is 102 Å². The van der Waals surface area contributed by atoms with Crippen LogP contribution in [0, 0.1) is 6.92 Å². The second kappa shape index (κ2) is 9.47. The second-order valence-corrected chi connectivity index (χ2v) is 10.8. The highest BCUT2D eigenvalue weighted by Gasteiger charge is 2.25. The van der Waals surface area contributed by atoms with E-state index in [2.05, 4.69) is 45.5 Å². The Balaban J connectivity index is 1.36. The smallest absolute Gasteiger partial charge is 0.283 e. The van der Waals surface area contributed by atoms with Crippen LogP contribution in [0.5, 0.6) is 0 Å². The quantitative estimate of drug-likeness (QED) is 0.545. The number of hydrogen-bond donors (Lipinski definition) is 2. The number of anilines is 1. The van der Waals surface area contributed by atoms with E-state index < -0.39 is 15.9 Å². The van der Waals surface area contributed by atoms with Gasteiger partial charge in [0.2, 0.25) is 5.91 Å². The van der Waals surface area contributed by atoms with Gasteiger partial charge in [0.1, 0.15) is 5.82 Å². The molecule has 184 valence electrons. The molecule has 2 N–H and O–H groups in total. The minimum Gasteiger partial charge on any atom is -0.376 e. The van der Waals surface area contributed by atoms with Gasteiger partial charge >= 0.3 is 0 Å². The normalized spacial score (nSPS) is 15.1. The third-order valence-electron chi connectivity index (χ3n) is 6.73. The molecule has 35 heavy (non-hydrogen) atoms. The lowest BCUT2D eigenvalue weighted by Gasteiger charge is -2.19. The molecule has 0 radical (unpaired) electrons. The summed E-state index contributed by atoms with van der Waals surface area (Å²) in [5.41, 5.74) is 7.59. The van der Waals surface area contributed by atoms with E-state index in [9.17, 15) is 13.2 Å². The van der Waals surface area contributed by atoms with E-state index >= 15 is 0 Å². The number of aromatic nitrogens is 2. The molecule has 2 aliphatic heterocycles. The molecular formula is C26H30N4O4S. The molecule has 0 atom stereocenters. The van der Waals surface area contributed by atoms with Crippen molar-refractivity contribution in [3.05, 3.63) is 64.2 Å². The van der Waals surface area contributed by atoms with Crippen LogP contribution in [0.15, 0.2) is 41.4 Å². The average Bonchev–Trinajstić information content (AvgIpc) is 3.30. The Morgan fingerprint density at radius 2 is 2.03 bits per heavy atom. The number of aryl methyl sites for hydroxylation is 3. The summed E-state index contributed by atoms with van der Waals surface area (Å²) in [6, 6.07) is 12.1. The molecule has 2 aliphatic rings. The fourth-order valence-electron chi connectivity index (χ4n) is 4.85. The largest absolute Gasteiger partial charge is 0.376 e. The number of benzene rings is 2. The number of fused-ring (bicyclic) bond motifs is 2. The Labute approximate surface area is 205 Å². The lowest BCUT2D eigenvalue weighted by molar-refractivity contribution is -0.118. The highest BCUT2D eigenvalue weighted by Crippen LogP contribution is 2.30. The number of amides is 1. The van der Waals surface area contributed by atoms with Gasteiger partial charge in [-0.15, -0.1) is 0 Å². The van der Waals surface area contributed by atoms with Crippen molar-refractivity contribution in [2.45, 2.75) is 57.7 Å². The van der Waals surface area contributed by atoms with Gasteiger partial charge in [0.15, 0.2) is 5.03 Å². The predicted molar refractivity (Wildman–Crippen MR) is 134 cm³/mol. The summed E-state index contributed by atoms with van der Waals surface area (Å²) in [6.07, 6.45) is 2.52. The minimum atomic E-state index is -4.05. The van der Waals surface area contributed by atoms with Crippen LogP contribution in [0.3, 0.4) is 0 Å². The number of ether oxygens (including phenoxy) is 1. The zero-order chi connectivity index (χ0) is 24.6. The molecule has 0 saturated carbocycles. The highest BCUT2D eigenvalue weighted by atomic mass is 32.2. The summed E-state index contributed by atoms with van der Waals surface area (Å²) in [7, 11) is -4.05. The van der Waals surface area contributed by atoms with Crippen molar-refractivity contribution in [1.82, 2.24) is 14.5 Å². The third-order valence-corrected chi connectivity index (χ3v) is 7.98. The number of rotatable bonds is 6. The number of nitrogens with zero attached hydrogens (tertiary/aromatic N) is 2. The molecule has 3 aromatic rings. The van der Waals surface area contributed by atoms with Gasteiger partial charge in [-0.05, 0) is 71.2 Å². The molecule has 1 amide bonds. The number of carbonyl (C=O) groups is 1. The zero-order valence-corrected chi connectivity index (χ0v) is 20.9. The van der Waals surface area contributed by atoms with Gasteiger partial charge in [0.25, 0.3) is 10.0 Å². The maximum Gasteiger partial charge on any atom is 0.283 e. The van der Waals surface area contributed by atoms with Crippen molar-refractivity contribution < 1.29 is 17.9 Å². The minimum absolute atomic E-state index is 0.0155. The van der Waals surface area contributed by atoms with Crippen LogP contribution in [0.1, 0.15) is 41.2 Å². The number of carbonyl (C=O) groups excluding carboxylic acids is 1. The van der Waals surface area contributed by atoms with Gasteiger partial charge in [-0.2, -0.15) is 13.5 Å². The molecule has 9 heteroatoms. The van der Waals surface area contributed by atoms with Crippen LogP contribution < -0.4 is 10.0 Å². The number of hydrogen-bond acceptors (Lipinski definition) is 6. The Morgan fingerprint density at radius 3 is 2.83 bits per heavy atom. The maximum absolute atomic E-state index is 12.8. The van der Waals surface area contributed by atoms with Gasteiger partial charge < -0.3 is 10.1 Å². The Morgan fingerprint density at radius 1 is 1.17 bits per heavy atom. The lowest BCUT2D eigenvalue weighted by Crippen LogP contribution is -2.32. The molecule has 1 aromatic heterocycles. The summed E-state index contributed by atoms with van der Waals surface area (Å²) in [5.74, 6) is 0.0814. The predicted octanol–water partition coefficient (Wildman–Crippen LogP) is 3.36. The first-order valence-corrected chi connectivity index (χ1v) is 13.5. The average molecular weight is 495 g/mol. The zero-order valence-electron chi connectivity index (χ0n) is 20.1. The van der Waals surface area contributed by atoms with E-state index in [0.717, 1.165) is 60.2 Å². The van der Waals surface area contributed by atoms with Gasteiger partial charge in [-0.3, -0.25) is 4.79 Å². The monoisotopic (exact) mass is 494 g/mol. The summed E-state index contributed by atoms with van der Waals surface area (Å²) >= 11 is 0. The summed E-state index contributed by atoms with van der Waals surface area (Å²) in [5, 5.41) is 7.13. The van der Waals surface area contributed by atoms with Crippen molar-refractivity contribution in [3.8, 4) is 11.1 Å². The van der Waals surface area contributed by atoms with E-state index in [1.807, 2.05) is 13.8 Å². The summed E-state index contributed by atoms with van der Waals surface area (Å²) in [6.45, 7) is 6.82. The molecule has 0 bridgehead atoms. The van der Waals surface area contributed by atoms with Gasteiger partial charge in [0, 0.05) is 19.2 Å². The van der Waals surface area contributed by atoms with Crippen LogP contribution in [0.4, 0.5) is 5.82 Å². The SMILES string of the molecule is CCc1cc(-c2ccc3c(c2)COCC3)cc(C)c1CC(=O)NS(=O)(=O)c1cc2n(n1)CCCN2. The molecule has 0 fully saturated rings. The fourth-order valence-corrected chi connectivity index (χ4v) is 5.80. The van der Waals surface area contributed by atoms with Crippen molar-refractivity contribution >= 4 is 21.7 Å². The molecule has 3 heterocycles. The van der Waals surface area contributed by atoms with Crippen LogP contribution in [-0.4, -0.2) is 37.3 Å². The van der Waals surface area contributed by atoms with Crippen molar-refractivity contribution in [3.63, 3.8) is 0 Å². The van der Waals surface area contributed by atoms with Gasteiger partial charge in [-0.1, -0.05) is 31.2 Å². The summed E-state index contributed by atoms with van der Waals surface area (Å²) < 4.78 is 35.0. The first-order chi connectivity index (χ1) is 16.8. The number of nitrogens with one attached hydrogen (secondary N) is 2. The molecule has 2 aromatic carbocycles. The molecule has 0 spiro atoms. The molecule has 0 unspecified atom stereocenters. The first-order valence-electron chi connectivity index (χ1n) is 12.0. The first kappa shape index (κ1) is 23.6. The fraction of sp³-hybridized carbons (Fsp3) is 0.385. The molecular weight excluding hydrogens is 464 g/mol. The molecule has 0 saturated heterocycles.